The fraction of sp³-hybridized carbons (Fsp3) is 0.871. The van der Waals surface area contributed by atoms with Crippen molar-refractivity contribution < 1.29 is 19.4 Å². The molecule has 5 rings (SSSR count). The predicted octanol–water partition coefficient (Wildman–Crippen LogP) is 7.07. The van der Waals surface area contributed by atoms with Crippen LogP contribution in [0.15, 0.2) is 11.6 Å². The van der Waals surface area contributed by atoms with Crippen LogP contribution in [0.4, 0.5) is 0 Å². The minimum absolute atomic E-state index is 0.0263. The van der Waals surface area contributed by atoms with E-state index >= 15 is 0 Å². The van der Waals surface area contributed by atoms with Crippen LogP contribution in [0.5, 0.6) is 0 Å². The minimum Gasteiger partial charge on any atom is -0.481 e. The minimum atomic E-state index is -0.698. The fourth-order valence-corrected chi connectivity index (χ4v) is 10.8. The molecule has 5 aliphatic rings. The van der Waals surface area contributed by atoms with Crippen LogP contribution in [0.3, 0.4) is 0 Å². The number of allylic oxidation sites excluding steroid dienone is 2. The number of hydrogen-bond acceptors (Lipinski definition) is 3. The number of ketones is 1. The maximum absolute atomic E-state index is 14.3. The van der Waals surface area contributed by atoms with E-state index in [4.69, 9.17) is 4.74 Å². The third kappa shape index (κ3) is 3.07. The van der Waals surface area contributed by atoms with Crippen molar-refractivity contribution in [2.24, 2.45) is 50.2 Å². The number of carboxylic acid groups (broad SMARTS) is 1. The number of carboxylic acids is 1. The maximum Gasteiger partial charge on any atom is 0.309 e. The normalized spacial score (nSPS) is 52.9. The molecule has 0 saturated heterocycles. The van der Waals surface area contributed by atoms with Crippen LogP contribution in [0.1, 0.15) is 106 Å². The topological polar surface area (TPSA) is 63.6 Å². The standard InChI is InChI=1S/C31H48O4/c1-26(2)22-9-12-31(7)24(29(22,5)11-10-23(26)35-8)21(32)17-19-20-18-28(4,25(33)34)14-13-27(20,3)15-16-30(19,31)6/h17,20,22-24H,9-16,18H2,1-8H3,(H,33,34)/t20-,22?,23-,24?,27+,28-,29-,30+,31+/m0/s1. The van der Waals surface area contributed by atoms with Crippen LogP contribution < -0.4 is 0 Å². The first-order valence-corrected chi connectivity index (χ1v) is 14.1. The van der Waals surface area contributed by atoms with Crippen molar-refractivity contribution in [1.82, 2.24) is 0 Å². The van der Waals surface area contributed by atoms with Gasteiger partial charge in [-0.05, 0) is 110 Å². The zero-order valence-electron chi connectivity index (χ0n) is 23.4. The Labute approximate surface area is 212 Å². The van der Waals surface area contributed by atoms with Gasteiger partial charge in [-0.25, -0.2) is 0 Å². The van der Waals surface area contributed by atoms with Crippen LogP contribution in [-0.2, 0) is 14.3 Å². The highest BCUT2D eigenvalue weighted by Gasteiger charge is 2.70. The summed E-state index contributed by atoms with van der Waals surface area (Å²) < 4.78 is 5.96. The van der Waals surface area contributed by atoms with Gasteiger partial charge in [-0.15, -0.1) is 0 Å². The van der Waals surface area contributed by atoms with Crippen molar-refractivity contribution in [1.29, 1.82) is 0 Å². The van der Waals surface area contributed by atoms with E-state index in [-0.39, 0.29) is 45.0 Å². The van der Waals surface area contributed by atoms with Gasteiger partial charge in [-0.2, -0.15) is 0 Å². The zero-order chi connectivity index (χ0) is 25.8. The van der Waals surface area contributed by atoms with E-state index in [1.807, 2.05) is 14.0 Å². The van der Waals surface area contributed by atoms with Crippen molar-refractivity contribution >= 4 is 11.8 Å². The highest BCUT2D eigenvalue weighted by molar-refractivity contribution is 5.95. The summed E-state index contributed by atoms with van der Waals surface area (Å²) >= 11 is 0. The van der Waals surface area contributed by atoms with Crippen LogP contribution in [-0.4, -0.2) is 30.1 Å². The van der Waals surface area contributed by atoms with Gasteiger partial charge in [0.05, 0.1) is 11.5 Å². The largest absolute Gasteiger partial charge is 0.481 e. The first kappa shape index (κ1) is 25.5. The molecule has 0 aromatic carbocycles. The van der Waals surface area contributed by atoms with Crippen molar-refractivity contribution in [2.75, 3.05) is 7.11 Å². The number of fused-ring (bicyclic) bond motifs is 7. The highest BCUT2D eigenvalue weighted by atomic mass is 16.5. The molecule has 2 unspecified atom stereocenters. The molecule has 5 aliphatic carbocycles. The molecule has 0 bridgehead atoms. The molecular weight excluding hydrogens is 436 g/mol. The molecule has 0 heterocycles. The molecule has 196 valence electrons. The molecule has 0 aromatic rings. The van der Waals surface area contributed by atoms with Gasteiger partial charge >= 0.3 is 5.97 Å². The van der Waals surface area contributed by atoms with E-state index in [1.54, 1.807) is 0 Å². The Kier molecular flexibility index (Phi) is 5.43. The van der Waals surface area contributed by atoms with Crippen molar-refractivity contribution in [3.63, 3.8) is 0 Å². The molecule has 4 heteroatoms. The van der Waals surface area contributed by atoms with Crippen LogP contribution in [0.25, 0.3) is 0 Å². The number of methoxy groups -OCH3 is 1. The molecule has 1 N–H and O–H groups in total. The van der Waals surface area contributed by atoms with E-state index in [9.17, 15) is 14.7 Å². The average Bonchev–Trinajstić information content (AvgIpc) is 2.76. The quantitative estimate of drug-likeness (QED) is 0.455. The van der Waals surface area contributed by atoms with E-state index < -0.39 is 11.4 Å². The van der Waals surface area contributed by atoms with Crippen LogP contribution in [0, 0.1) is 50.2 Å². The molecule has 4 fully saturated rings. The van der Waals surface area contributed by atoms with Gasteiger partial charge in [0, 0.05) is 13.0 Å². The smallest absolute Gasteiger partial charge is 0.309 e. The van der Waals surface area contributed by atoms with Gasteiger partial charge in [0.15, 0.2) is 5.78 Å². The summed E-state index contributed by atoms with van der Waals surface area (Å²) in [7, 11) is 1.85. The van der Waals surface area contributed by atoms with Gasteiger partial charge in [0.2, 0.25) is 0 Å². The summed E-state index contributed by atoms with van der Waals surface area (Å²) in [4.78, 5) is 26.6. The summed E-state index contributed by atoms with van der Waals surface area (Å²) in [5.74, 6) is 0.324. The fourth-order valence-electron chi connectivity index (χ4n) is 10.8. The summed E-state index contributed by atoms with van der Waals surface area (Å²) in [5.41, 5.74) is 0.577. The Morgan fingerprint density at radius 1 is 0.943 bits per heavy atom. The molecule has 4 nitrogen and oxygen atoms in total. The second kappa shape index (κ2) is 7.45. The zero-order valence-corrected chi connectivity index (χ0v) is 23.4. The molecule has 4 saturated carbocycles. The van der Waals surface area contributed by atoms with Gasteiger partial charge < -0.3 is 9.84 Å². The predicted molar refractivity (Wildman–Crippen MR) is 138 cm³/mol. The molecule has 0 spiro atoms. The molecular formula is C31H48O4. The maximum atomic E-state index is 14.3. The Hall–Kier alpha value is -1.16. The van der Waals surface area contributed by atoms with Crippen molar-refractivity contribution in [2.45, 2.75) is 112 Å². The SMILES string of the molecule is CO[C@H]1CC[C@@]2(C)C(CC[C@]3(C)C2C(=O)C=C2[C@@H]4C[C@@](C)(C(=O)O)CC[C@]4(C)CC[C@]23C)C1(C)C. The number of ether oxygens (including phenoxy) is 1. The van der Waals surface area contributed by atoms with E-state index in [2.05, 4.69) is 47.6 Å². The van der Waals surface area contributed by atoms with Gasteiger partial charge in [0.25, 0.3) is 0 Å². The highest BCUT2D eigenvalue weighted by Crippen LogP contribution is 2.75. The molecule has 0 aliphatic heterocycles. The van der Waals surface area contributed by atoms with E-state index in [0.717, 1.165) is 51.4 Å². The molecule has 0 amide bonds. The second-order valence-electron chi connectivity index (χ2n) is 15.1. The Morgan fingerprint density at radius 2 is 1.60 bits per heavy atom. The lowest BCUT2D eigenvalue weighted by atomic mass is 9.33. The first-order chi connectivity index (χ1) is 16.1. The number of aliphatic carboxylic acids is 1. The van der Waals surface area contributed by atoms with Crippen molar-refractivity contribution in [3.05, 3.63) is 11.6 Å². The third-order valence-corrected chi connectivity index (χ3v) is 13.3. The Bertz CT molecular complexity index is 980. The van der Waals surface area contributed by atoms with Crippen molar-refractivity contribution in [3.8, 4) is 0 Å². The summed E-state index contributed by atoms with van der Waals surface area (Å²) in [6.07, 6.45) is 11.2. The summed E-state index contributed by atoms with van der Waals surface area (Å²) in [6, 6.07) is 0. The number of carbonyl (C=O) groups excluding carboxylic acids is 1. The number of rotatable bonds is 2. The van der Waals surface area contributed by atoms with E-state index in [0.29, 0.717) is 18.1 Å². The van der Waals surface area contributed by atoms with Gasteiger partial charge in [-0.3, -0.25) is 9.59 Å². The molecule has 9 atom stereocenters. The van der Waals surface area contributed by atoms with Gasteiger partial charge in [-0.1, -0.05) is 47.1 Å². The number of carbonyl (C=O) groups is 2. The Morgan fingerprint density at radius 3 is 2.23 bits per heavy atom. The lowest BCUT2D eigenvalue weighted by molar-refractivity contribution is -0.205. The van der Waals surface area contributed by atoms with Crippen LogP contribution in [0.2, 0.25) is 0 Å². The Balaban J connectivity index is 1.61. The third-order valence-electron chi connectivity index (χ3n) is 13.3. The number of hydrogen-bond donors (Lipinski definition) is 1. The first-order valence-electron chi connectivity index (χ1n) is 14.1. The molecule has 0 aromatic heterocycles. The lowest BCUT2D eigenvalue weighted by Gasteiger charge is -2.70. The average molecular weight is 485 g/mol. The summed E-state index contributed by atoms with van der Waals surface area (Å²) in [5, 5.41) is 10.1. The van der Waals surface area contributed by atoms with E-state index in [1.165, 1.54) is 5.57 Å². The van der Waals surface area contributed by atoms with Gasteiger partial charge in [0.1, 0.15) is 0 Å². The lowest BCUT2D eigenvalue weighted by Crippen LogP contribution is -2.66. The second-order valence-corrected chi connectivity index (χ2v) is 15.1. The molecule has 0 radical (unpaired) electrons. The summed E-state index contributed by atoms with van der Waals surface area (Å²) in [6.45, 7) is 16.3. The molecule has 35 heavy (non-hydrogen) atoms. The van der Waals surface area contributed by atoms with Crippen LogP contribution >= 0.6 is 0 Å². The monoisotopic (exact) mass is 484 g/mol.